The van der Waals surface area contributed by atoms with Gasteiger partial charge >= 0.3 is 0 Å². The number of carbonyl (C=O) groups excluding carboxylic acids is 1. The van der Waals surface area contributed by atoms with Crippen LogP contribution in [0, 0.1) is 34.1 Å². The van der Waals surface area contributed by atoms with Gasteiger partial charge in [0.05, 0.1) is 9.95 Å². The van der Waals surface area contributed by atoms with Crippen molar-refractivity contribution in [1.29, 1.82) is 0 Å². The molecule has 0 aliphatic carbocycles. The van der Waals surface area contributed by atoms with Gasteiger partial charge in [-0.3, -0.25) is 25.0 Å². The number of nitrogens with zero attached hydrogens (tertiary/aromatic N) is 2. The Morgan fingerprint density at radius 3 is 2.36 bits per heavy atom. The zero-order valence-electron chi connectivity index (χ0n) is 13.2. The van der Waals surface area contributed by atoms with Crippen LogP contribution in [-0.4, -0.2) is 15.6 Å². The molecule has 0 amide bonds. The van der Waals surface area contributed by atoms with Gasteiger partial charge in [0.15, 0.2) is 5.78 Å². The molecule has 130 valence electrons. The molecular formula is C16H12BrClN2O5. The fraction of sp³-hybridized carbons (Fsp3) is 0.188. The largest absolute Gasteiger partial charge is 0.289 e. The van der Waals surface area contributed by atoms with Gasteiger partial charge in [-0.05, 0) is 53.0 Å². The van der Waals surface area contributed by atoms with Crippen molar-refractivity contribution in [3.63, 3.8) is 0 Å². The summed E-state index contributed by atoms with van der Waals surface area (Å²) >= 11 is 9.34. The molecule has 7 nitrogen and oxygen atoms in total. The molecule has 2 aromatic carbocycles. The summed E-state index contributed by atoms with van der Waals surface area (Å²) in [7, 11) is 0. The summed E-state index contributed by atoms with van der Waals surface area (Å²) in [5.41, 5.74) is 1.47. The van der Waals surface area contributed by atoms with Crippen LogP contribution in [0.25, 0.3) is 0 Å². The molecule has 0 aromatic heterocycles. The Labute approximate surface area is 156 Å². The maximum Gasteiger partial charge on any atom is 0.270 e. The highest BCUT2D eigenvalue weighted by atomic mass is 79.9. The molecule has 0 fully saturated rings. The van der Waals surface area contributed by atoms with Gasteiger partial charge in [-0.2, -0.15) is 0 Å². The number of carbonyl (C=O) groups is 1. The van der Waals surface area contributed by atoms with Gasteiger partial charge in [-0.25, -0.2) is 0 Å². The SMILES string of the molecule is Cc1cc(C(=O)c2cc([N+](=O)[O-])ccc2Cl)c(C[N+](=O)[O-])c(Br)c1C. The quantitative estimate of drug-likeness (QED) is 0.393. The predicted molar refractivity (Wildman–Crippen MR) is 95.9 cm³/mol. The molecule has 0 N–H and O–H groups in total. The van der Waals surface area contributed by atoms with Crippen LogP contribution in [0.15, 0.2) is 28.7 Å². The van der Waals surface area contributed by atoms with Gasteiger partial charge < -0.3 is 0 Å². The average Bonchev–Trinajstić information content (AvgIpc) is 2.54. The topological polar surface area (TPSA) is 103 Å². The molecule has 0 unspecified atom stereocenters. The Morgan fingerprint density at radius 2 is 1.80 bits per heavy atom. The van der Waals surface area contributed by atoms with E-state index in [-0.39, 0.29) is 27.4 Å². The summed E-state index contributed by atoms with van der Waals surface area (Å²) in [4.78, 5) is 33.7. The molecular weight excluding hydrogens is 416 g/mol. The predicted octanol–water partition coefficient (Wildman–Crippen LogP) is 4.64. The minimum Gasteiger partial charge on any atom is -0.289 e. The number of nitro benzene ring substituents is 1. The Hall–Kier alpha value is -2.32. The second-order valence-corrected chi connectivity index (χ2v) is 6.60. The number of ketones is 1. The smallest absolute Gasteiger partial charge is 0.270 e. The lowest BCUT2D eigenvalue weighted by atomic mass is 9.93. The maximum atomic E-state index is 12.9. The number of hydrogen-bond donors (Lipinski definition) is 0. The van der Waals surface area contributed by atoms with E-state index >= 15 is 0 Å². The molecule has 0 atom stereocenters. The second kappa shape index (κ2) is 7.28. The van der Waals surface area contributed by atoms with Crippen molar-refractivity contribution < 1.29 is 14.6 Å². The fourth-order valence-corrected chi connectivity index (χ4v) is 3.22. The van der Waals surface area contributed by atoms with Crippen LogP contribution in [0.2, 0.25) is 5.02 Å². The first-order valence-electron chi connectivity index (χ1n) is 7.02. The van der Waals surface area contributed by atoms with Crippen LogP contribution in [0.4, 0.5) is 5.69 Å². The zero-order chi connectivity index (χ0) is 18.9. The van der Waals surface area contributed by atoms with Gasteiger partial charge in [0.25, 0.3) is 5.69 Å². The highest BCUT2D eigenvalue weighted by Crippen LogP contribution is 2.32. The van der Waals surface area contributed by atoms with Crippen LogP contribution < -0.4 is 0 Å². The summed E-state index contributed by atoms with van der Waals surface area (Å²) in [5.74, 6) is -0.602. The third-order valence-electron chi connectivity index (χ3n) is 3.81. The number of benzene rings is 2. The molecule has 2 rings (SSSR count). The van der Waals surface area contributed by atoms with Crippen molar-refractivity contribution in [2.75, 3.05) is 0 Å². The summed E-state index contributed by atoms with van der Waals surface area (Å²) in [6, 6.07) is 5.06. The summed E-state index contributed by atoms with van der Waals surface area (Å²) < 4.78 is 0.467. The minimum atomic E-state index is -0.638. The maximum absolute atomic E-state index is 12.9. The van der Waals surface area contributed by atoms with E-state index in [1.807, 2.05) is 0 Å². The van der Waals surface area contributed by atoms with E-state index in [4.69, 9.17) is 11.6 Å². The molecule has 0 spiro atoms. The monoisotopic (exact) mass is 426 g/mol. The molecule has 0 saturated carbocycles. The van der Waals surface area contributed by atoms with Gasteiger partial charge in [-0.1, -0.05) is 11.6 Å². The number of non-ortho nitro benzene ring substituents is 1. The molecule has 0 bridgehead atoms. The Balaban J connectivity index is 2.69. The first-order chi connectivity index (χ1) is 11.6. The Morgan fingerprint density at radius 1 is 1.16 bits per heavy atom. The Bertz CT molecular complexity index is 914. The Kier molecular flexibility index (Phi) is 5.54. The first-order valence-corrected chi connectivity index (χ1v) is 8.19. The number of rotatable bonds is 5. The molecule has 9 heteroatoms. The number of nitro groups is 2. The first kappa shape index (κ1) is 19.0. The van der Waals surface area contributed by atoms with Crippen molar-refractivity contribution in [2.45, 2.75) is 20.4 Å². The third kappa shape index (κ3) is 3.85. The molecule has 0 radical (unpaired) electrons. The van der Waals surface area contributed by atoms with E-state index in [9.17, 15) is 25.0 Å². The molecule has 0 saturated heterocycles. The van der Waals surface area contributed by atoms with Gasteiger partial charge in [-0.15, -0.1) is 0 Å². The average molecular weight is 428 g/mol. The van der Waals surface area contributed by atoms with Crippen molar-refractivity contribution in [3.05, 3.63) is 81.8 Å². The van der Waals surface area contributed by atoms with Crippen LogP contribution in [-0.2, 0) is 6.54 Å². The van der Waals surface area contributed by atoms with E-state index in [0.29, 0.717) is 4.47 Å². The van der Waals surface area contributed by atoms with Gasteiger partial charge in [0.2, 0.25) is 6.54 Å². The lowest BCUT2D eigenvalue weighted by Gasteiger charge is -2.13. The number of hydrogen-bond acceptors (Lipinski definition) is 5. The molecule has 25 heavy (non-hydrogen) atoms. The van der Waals surface area contributed by atoms with Crippen LogP contribution in [0.1, 0.15) is 32.6 Å². The van der Waals surface area contributed by atoms with E-state index in [2.05, 4.69) is 15.9 Å². The van der Waals surface area contributed by atoms with E-state index < -0.39 is 22.2 Å². The number of halogens is 2. The van der Waals surface area contributed by atoms with Crippen molar-refractivity contribution in [1.82, 2.24) is 0 Å². The van der Waals surface area contributed by atoms with Crippen molar-refractivity contribution >= 4 is 39.0 Å². The number of aryl methyl sites for hydroxylation is 1. The summed E-state index contributed by atoms with van der Waals surface area (Å²) in [5, 5.41) is 22.0. The molecule has 0 heterocycles. The minimum absolute atomic E-state index is 0.0389. The van der Waals surface area contributed by atoms with Crippen LogP contribution in [0.5, 0.6) is 0 Å². The van der Waals surface area contributed by atoms with E-state index in [1.54, 1.807) is 13.8 Å². The third-order valence-corrected chi connectivity index (χ3v) is 5.21. The zero-order valence-corrected chi connectivity index (χ0v) is 15.6. The van der Waals surface area contributed by atoms with E-state index in [0.717, 1.165) is 17.2 Å². The second-order valence-electron chi connectivity index (χ2n) is 5.40. The van der Waals surface area contributed by atoms with E-state index in [1.165, 1.54) is 18.2 Å². The summed E-state index contributed by atoms with van der Waals surface area (Å²) in [6.07, 6.45) is 0. The fourth-order valence-electron chi connectivity index (χ4n) is 2.36. The standard InChI is InChI=1S/C16H12BrClN2O5/c1-8-5-11(13(7-19(22)23)15(17)9(8)2)16(21)12-6-10(20(24)25)3-4-14(12)18/h3-6H,7H2,1-2H3. The van der Waals surface area contributed by atoms with Crippen LogP contribution in [0.3, 0.4) is 0 Å². The van der Waals surface area contributed by atoms with Gasteiger partial charge in [0.1, 0.15) is 0 Å². The van der Waals surface area contributed by atoms with Gasteiger partial charge in [0, 0.05) is 38.2 Å². The normalized spacial score (nSPS) is 10.6. The highest BCUT2D eigenvalue weighted by Gasteiger charge is 2.24. The van der Waals surface area contributed by atoms with Crippen LogP contribution >= 0.6 is 27.5 Å². The molecule has 2 aromatic rings. The molecule has 0 aliphatic rings. The molecule has 0 aliphatic heterocycles. The highest BCUT2D eigenvalue weighted by molar-refractivity contribution is 9.10. The van der Waals surface area contributed by atoms with Crippen molar-refractivity contribution in [2.24, 2.45) is 0 Å². The van der Waals surface area contributed by atoms with Crippen molar-refractivity contribution in [3.8, 4) is 0 Å². The summed E-state index contributed by atoms with van der Waals surface area (Å²) in [6.45, 7) is 2.98. The lowest BCUT2D eigenvalue weighted by molar-refractivity contribution is -0.497. The lowest BCUT2D eigenvalue weighted by Crippen LogP contribution is -2.12.